The van der Waals surface area contributed by atoms with Gasteiger partial charge in [0.15, 0.2) is 16.9 Å². The molecule has 1 amide bonds. The van der Waals surface area contributed by atoms with Crippen molar-refractivity contribution in [1.29, 1.82) is 0 Å². The maximum absolute atomic E-state index is 12.8. The summed E-state index contributed by atoms with van der Waals surface area (Å²) in [7, 11) is 3.16. The first-order valence-corrected chi connectivity index (χ1v) is 9.18. The molecule has 9 nitrogen and oxygen atoms in total. The molecular formula is C21H19N5O4. The molecule has 0 atom stereocenters. The first-order chi connectivity index (χ1) is 14.5. The van der Waals surface area contributed by atoms with Crippen LogP contribution in [0.15, 0.2) is 70.5 Å². The number of fused-ring (bicyclic) bond motifs is 1. The minimum atomic E-state index is -0.616. The topological polar surface area (TPSA) is 100 Å². The zero-order chi connectivity index (χ0) is 21.3. The quantitative estimate of drug-likeness (QED) is 0.546. The maximum Gasteiger partial charge on any atom is 0.332 e. The Hall–Kier alpha value is -4.14. The Bertz CT molecular complexity index is 1350. The molecule has 0 bridgehead atoms. The second kappa shape index (κ2) is 7.70. The van der Waals surface area contributed by atoms with Crippen molar-refractivity contribution in [2.24, 2.45) is 14.1 Å². The number of hydrogen-bond acceptors (Lipinski definition) is 5. The predicted octanol–water partition coefficient (Wildman–Crippen LogP) is 1.86. The number of nitrogens with zero attached hydrogens (tertiary/aromatic N) is 4. The van der Waals surface area contributed by atoms with Crippen molar-refractivity contribution in [1.82, 2.24) is 18.7 Å². The Morgan fingerprint density at radius 3 is 2.50 bits per heavy atom. The number of anilines is 1. The van der Waals surface area contributed by atoms with E-state index in [0.29, 0.717) is 17.2 Å². The number of hydrogen-bond donors (Lipinski definition) is 1. The summed E-state index contributed by atoms with van der Waals surface area (Å²) in [6.45, 7) is -0.438. The number of aromatic nitrogens is 4. The molecule has 2 aromatic carbocycles. The van der Waals surface area contributed by atoms with Gasteiger partial charge >= 0.3 is 5.69 Å². The Kier molecular flexibility index (Phi) is 4.93. The van der Waals surface area contributed by atoms with E-state index in [2.05, 4.69) is 10.3 Å². The number of aryl methyl sites for hydroxylation is 2. The molecule has 0 fully saturated rings. The molecule has 30 heavy (non-hydrogen) atoms. The Labute approximate surface area is 170 Å². The van der Waals surface area contributed by atoms with Gasteiger partial charge < -0.3 is 14.6 Å². The molecule has 2 heterocycles. The highest BCUT2D eigenvalue weighted by Crippen LogP contribution is 2.29. The average molecular weight is 405 g/mol. The molecule has 9 heteroatoms. The third kappa shape index (κ3) is 3.48. The van der Waals surface area contributed by atoms with Crippen molar-refractivity contribution in [3.8, 4) is 11.5 Å². The molecule has 0 aliphatic heterocycles. The summed E-state index contributed by atoms with van der Waals surface area (Å²) >= 11 is 0. The lowest BCUT2D eigenvalue weighted by Gasteiger charge is -2.13. The van der Waals surface area contributed by atoms with E-state index in [4.69, 9.17) is 4.74 Å². The van der Waals surface area contributed by atoms with Crippen LogP contribution in [0.1, 0.15) is 0 Å². The molecular weight excluding hydrogens is 386 g/mol. The van der Waals surface area contributed by atoms with Crippen LogP contribution in [0, 0.1) is 0 Å². The summed E-state index contributed by atoms with van der Waals surface area (Å²) in [4.78, 5) is 42.1. The molecule has 2 aromatic heterocycles. The molecule has 0 radical (unpaired) electrons. The minimum Gasteiger partial charge on any atom is -0.455 e. The van der Waals surface area contributed by atoms with Crippen LogP contribution >= 0.6 is 0 Å². The Morgan fingerprint density at radius 2 is 1.73 bits per heavy atom. The molecule has 1 N–H and O–H groups in total. The molecule has 0 aliphatic rings. The van der Waals surface area contributed by atoms with Crippen molar-refractivity contribution < 1.29 is 9.53 Å². The SMILES string of the molecule is Cn1cnc2c1c(=O)n(CC(=O)Nc1ccccc1Oc1ccccc1)c(=O)n2C. The lowest BCUT2D eigenvalue weighted by atomic mass is 10.3. The summed E-state index contributed by atoms with van der Waals surface area (Å²) in [5, 5.41) is 2.72. The van der Waals surface area contributed by atoms with Gasteiger partial charge in [-0.3, -0.25) is 14.2 Å². The molecule has 0 aliphatic carbocycles. The molecule has 0 saturated carbocycles. The highest BCUT2D eigenvalue weighted by atomic mass is 16.5. The molecule has 152 valence electrons. The minimum absolute atomic E-state index is 0.248. The van der Waals surface area contributed by atoms with Crippen molar-refractivity contribution in [2.75, 3.05) is 5.32 Å². The van der Waals surface area contributed by atoms with E-state index < -0.39 is 23.7 Å². The lowest BCUT2D eigenvalue weighted by Crippen LogP contribution is -2.42. The first-order valence-electron chi connectivity index (χ1n) is 9.18. The van der Waals surface area contributed by atoms with E-state index in [1.165, 1.54) is 22.5 Å². The molecule has 4 rings (SSSR count). The molecule has 4 aromatic rings. The molecule has 0 spiro atoms. The fraction of sp³-hybridized carbons (Fsp3) is 0.143. The number of carbonyl (C=O) groups excluding carboxylic acids is 1. The summed E-state index contributed by atoms with van der Waals surface area (Å²) in [5.74, 6) is 0.533. The largest absolute Gasteiger partial charge is 0.455 e. The van der Waals surface area contributed by atoms with E-state index in [1.54, 1.807) is 43.4 Å². The van der Waals surface area contributed by atoms with Gasteiger partial charge in [0, 0.05) is 14.1 Å². The summed E-state index contributed by atoms with van der Waals surface area (Å²) < 4.78 is 9.49. The van der Waals surface area contributed by atoms with Gasteiger partial charge in [0.25, 0.3) is 5.56 Å². The van der Waals surface area contributed by atoms with Gasteiger partial charge in [0.05, 0.1) is 12.0 Å². The van der Waals surface area contributed by atoms with Gasteiger partial charge in [-0.15, -0.1) is 0 Å². The zero-order valence-electron chi connectivity index (χ0n) is 16.4. The van der Waals surface area contributed by atoms with Gasteiger partial charge in [-0.25, -0.2) is 14.3 Å². The van der Waals surface area contributed by atoms with Gasteiger partial charge in [-0.05, 0) is 24.3 Å². The summed E-state index contributed by atoms with van der Waals surface area (Å²) in [5.41, 5.74) is -0.242. The maximum atomic E-state index is 12.8. The van der Waals surface area contributed by atoms with Crippen LogP contribution in [-0.2, 0) is 25.4 Å². The number of nitrogens with one attached hydrogen (secondary N) is 1. The Morgan fingerprint density at radius 1 is 1.03 bits per heavy atom. The van der Waals surface area contributed by atoms with Crippen LogP contribution in [0.4, 0.5) is 5.69 Å². The van der Waals surface area contributed by atoms with Crippen LogP contribution in [0.25, 0.3) is 11.2 Å². The lowest BCUT2D eigenvalue weighted by molar-refractivity contribution is -0.116. The molecule has 0 unspecified atom stereocenters. The fourth-order valence-electron chi connectivity index (χ4n) is 3.14. The van der Waals surface area contributed by atoms with Crippen molar-refractivity contribution in [3.63, 3.8) is 0 Å². The van der Waals surface area contributed by atoms with Crippen LogP contribution in [0.5, 0.6) is 11.5 Å². The van der Waals surface area contributed by atoms with Crippen molar-refractivity contribution in [2.45, 2.75) is 6.54 Å². The number of ether oxygens (including phenoxy) is 1. The predicted molar refractivity (Wildman–Crippen MR) is 112 cm³/mol. The van der Waals surface area contributed by atoms with E-state index >= 15 is 0 Å². The van der Waals surface area contributed by atoms with Crippen LogP contribution < -0.4 is 21.3 Å². The standard InChI is InChI=1S/C21H19N5O4/c1-24-13-22-19-18(24)20(28)26(21(29)25(19)2)12-17(27)23-15-10-6-7-11-16(15)30-14-8-4-3-5-9-14/h3-11,13H,12H2,1-2H3,(H,23,27). The smallest absolute Gasteiger partial charge is 0.332 e. The third-order valence-corrected chi connectivity index (χ3v) is 4.63. The number of imidazole rings is 1. The third-order valence-electron chi connectivity index (χ3n) is 4.63. The monoisotopic (exact) mass is 405 g/mol. The Balaban J connectivity index is 1.62. The number of amides is 1. The van der Waals surface area contributed by atoms with E-state index in [0.717, 1.165) is 4.57 Å². The second-order valence-electron chi connectivity index (χ2n) is 6.72. The second-order valence-corrected chi connectivity index (χ2v) is 6.72. The van der Waals surface area contributed by atoms with E-state index in [-0.39, 0.29) is 11.2 Å². The summed E-state index contributed by atoms with van der Waals surface area (Å²) in [6, 6.07) is 16.1. The van der Waals surface area contributed by atoms with Gasteiger partial charge in [0.1, 0.15) is 12.3 Å². The average Bonchev–Trinajstić information content (AvgIpc) is 3.13. The molecule has 0 saturated heterocycles. The number of rotatable bonds is 5. The van der Waals surface area contributed by atoms with Crippen LogP contribution in [0.3, 0.4) is 0 Å². The first kappa shape index (κ1) is 19.2. The summed E-state index contributed by atoms with van der Waals surface area (Å²) in [6.07, 6.45) is 1.45. The van der Waals surface area contributed by atoms with Gasteiger partial charge in [0.2, 0.25) is 5.91 Å². The van der Waals surface area contributed by atoms with Gasteiger partial charge in [-0.2, -0.15) is 0 Å². The zero-order valence-corrected chi connectivity index (χ0v) is 16.4. The number of benzene rings is 2. The van der Waals surface area contributed by atoms with Crippen LogP contribution in [-0.4, -0.2) is 24.6 Å². The number of para-hydroxylation sites is 3. The highest BCUT2D eigenvalue weighted by molar-refractivity contribution is 5.92. The van der Waals surface area contributed by atoms with Crippen LogP contribution in [0.2, 0.25) is 0 Å². The highest BCUT2D eigenvalue weighted by Gasteiger charge is 2.17. The van der Waals surface area contributed by atoms with E-state index in [1.807, 2.05) is 18.2 Å². The normalized spacial score (nSPS) is 10.9. The van der Waals surface area contributed by atoms with E-state index in [9.17, 15) is 14.4 Å². The van der Waals surface area contributed by atoms with Crippen molar-refractivity contribution >= 4 is 22.8 Å². The van der Waals surface area contributed by atoms with Crippen molar-refractivity contribution in [3.05, 3.63) is 81.8 Å². The fourth-order valence-corrected chi connectivity index (χ4v) is 3.14. The van der Waals surface area contributed by atoms with Gasteiger partial charge in [-0.1, -0.05) is 30.3 Å². The number of carbonyl (C=O) groups is 1.